The topological polar surface area (TPSA) is 144 Å². The van der Waals surface area contributed by atoms with E-state index in [4.69, 9.17) is 25.1 Å². The molecule has 0 fully saturated rings. The summed E-state index contributed by atoms with van der Waals surface area (Å²) in [6, 6.07) is -0.875. The van der Waals surface area contributed by atoms with Gasteiger partial charge in [-0.1, -0.05) is 6.58 Å². The first-order chi connectivity index (χ1) is 13.0. The lowest BCUT2D eigenvalue weighted by molar-refractivity contribution is -0.138. The molecule has 0 aliphatic carbocycles. The molecular weight excluding hydrogens is 356 g/mol. The lowest BCUT2D eigenvalue weighted by atomic mass is 10.1. The van der Waals surface area contributed by atoms with Gasteiger partial charge in [-0.2, -0.15) is 0 Å². The van der Waals surface area contributed by atoms with Gasteiger partial charge in [-0.15, -0.1) is 0 Å². The second kappa shape index (κ2) is 17.7. The van der Waals surface area contributed by atoms with Gasteiger partial charge in [-0.25, -0.2) is 0 Å². The van der Waals surface area contributed by atoms with Gasteiger partial charge in [-0.05, 0) is 19.9 Å². The fourth-order valence-electron chi connectivity index (χ4n) is 1.82. The second-order valence-corrected chi connectivity index (χ2v) is 5.74. The zero-order valence-electron chi connectivity index (χ0n) is 16.1. The molecule has 0 aromatic carbocycles. The highest BCUT2D eigenvalue weighted by Gasteiger charge is 2.10. The van der Waals surface area contributed by atoms with E-state index in [2.05, 4.69) is 22.5 Å². The Morgan fingerprint density at radius 3 is 2.26 bits per heavy atom. The summed E-state index contributed by atoms with van der Waals surface area (Å²) >= 11 is 0. The summed E-state index contributed by atoms with van der Waals surface area (Å²) in [5.74, 6) is -1.21. The standard InChI is InChI=1S/C17H34N4O6/c1-14(3-4-15(18)17(23)24)20-6-9-26-11-12-27-13-16(22)21-7-10-25-8-5-19-2/h15,19-20H,1,3-13,18H2,2H3,(H,21,22)(H,23,24). The molecule has 0 rings (SSSR count). The van der Waals surface area contributed by atoms with Crippen LogP contribution in [0.1, 0.15) is 12.8 Å². The number of likely N-dealkylation sites (N-methyl/N-ethyl adjacent to an activating group) is 1. The largest absolute Gasteiger partial charge is 0.480 e. The van der Waals surface area contributed by atoms with E-state index in [0.717, 1.165) is 12.2 Å². The molecule has 0 spiro atoms. The molecule has 0 aromatic heterocycles. The molecule has 1 unspecified atom stereocenters. The Kier molecular flexibility index (Phi) is 16.6. The SMILES string of the molecule is C=C(CCC(N)C(=O)O)NCCOCCOCC(=O)NCCOCCNC. The minimum Gasteiger partial charge on any atom is -0.480 e. The lowest BCUT2D eigenvalue weighted by Crippen LogP contribution is -2.31. The molecule has 10 heteroatoms. The summed E-state index contributed by atoms with van der Waals surface area (Å²) in [6.45, 7) is 7.79. The number of ether oxygens (including phenoxy) is 3. The molecule has 0 aliphatic rings. The second-order valence-electron chi connectivity index (χ2n) is 5.74. The van der Waals surface area contributed by atoms with Crippen LogP contribution in [0.4, 0.5) is 0 Å². The summed E-state index contributed by atoms with van der Waals surface area (Å²) in [4.78, 5) is 22.1. The van der Waals surface area contributed by atoms with Crippen LogP contribution >= 0.6 is 0 Å². The summed E-state index contributed by atoms with van der Waals surface area (Å²) in [5, 5.41) is 17.4. The molecule has 0 saturated heterocycles. The summed E-state index contributed by atoms with van der Waals surface area (Å²) in [7, 11) is 1.85. The fraction of sp³-hybridized carbons (Fsp3) is 0.765. The van der Waals surface area contributed by atoms with Crippen molar-refractivity contribution in [1.82, 2.24) is 16.0 Å². The number of carbonyl (C=O) groups is 2. The Morgan fingerprint density at radius 2 is 1.59 bits per heavy atom. The maximum Gasteiger partial charge on any atom is 0.320 e. The number of carboxylic acid groups (broad SMARTS) is 1. The zero-order chi connectivity index (χ0) is 20.3. The van der Waals surface area contributed by atoms with Crippen LogP contribution in [0, 0.1) is 0 Å². The van der Waals surface area contributed by atoms with Crippen molar-refractivity contribution in [3.05, 3.63) is 12.3 Å². The quantitative estimate of drug-likeness (QED) is 0.169. The van der Waals surface area contributed by atoms with Crippen LogP contribution in [0.5, 0.6) is 0 Å². The summed E-state index contributed by atoms with van der Waals surface area (Å²) < 4.78 is 15.8. The van der Waals surface area contributed by atoms with E-state index in [1.807, 2.05) is 7.05 Å². The van der Waals surface area contributed by atoms with Gasteiger partial charge in [0.2, 0.25) is 5.91 Å². The van der Waals surface area contributed by atoms with E-state index in [9.17, 15) is 9.59 Å². The number of nitrogens with one attached hydrogen (secondary N) is 3. The lowest BCUT2D eigenvalue weighted by Gasteiger charge is -2.11. The van der Waals surface area contributed by atoms with Crippen LogP contribution in [0.2, 0.25) is 0 Å². The monoisotopic (exact) mass is 390 g/mol. The van der Waals surface area contributed by atoms with Crippen LogP contribution < -0.4 is 21.7 Å². The number of carboxylic acids is 1. The summed E-state index contributed by atoms with van der Waals surface area (Å²) in [5.41, 5.74) is 6.14. The van der Waals surface area contributed by atoms with Crippen molar-refractivity contribution in [2.45, 2.75) is 18.9 Å². The molecule has 10 nitrogen and oxygen atoms in total. The van der Waals surface area contributed by atoms with Crippen molar-refractivity contribution in [3.63, 3.8) is 0 Å². The van der Waals surface area contributed by atoms with E-state index >= 15 is 0 Å². The van der Waals surface area contributed by atoms with Crippen LogP contribution in [0.3, 0.4) is 0 Å². The van der Waals surface area contributed by atoms with Gasteiger partial charge in [0.15, 0.2) is 0 Å². The first-order valence-corrected chi connectivity index (χ1v) is 9.02. The van der Waals surface area contributed by atoms with Gasteiger partial charge in [0.25, 0.3) is 0 Å². The Balaban J connectivity index is 3.35. The highest BCUT2D eigenvalue weighted by molar-refractivity contribution is 5.77. The first-order valence-electron chi connectivity index (χ1n) is 9.02. The number of hydrogen-bond donors (Lipinski definition) is 5. The molecule has 27 heavy (non-hydrogen) atoms. The predicted molar refractivity (Wildman–Crippen MR) is 101 cm³/mol. The van der Waals surface area contributed by atoms with Gasteiger partial charge >= 0.3 is 5.97 Å². The van der Waals surface area contributed by atoms with Crippen LogP contribution in [0.15, 0.2) is 12.3 Å². The first kappa shape index (κ1) is 25.3. The number of hydrogen-bond acceptors (Lipinski definition) is 8. The van der Waals surface area contributed by atoms with Crippen molar-refractivity contribution in [2.75, 3.05) is 66.3 Å². The Bertz CT molecular complexity index is 422. The average molecular weight is 390 g/mol. The molecule has 6 N–H and O–H groups in total. The van der Waals surface area contributed by atoms with E-state index in [-0.39, 0.29) is 12.5 Å². The van der Waals surface area contributed by atoms with Crippen LogP contribution in [-0.4, -0.2) is 89.3 Å². The molecular formula is C17H34N4O6. The zero-order valence-corrected chi connectivity index (χ0v) is 16.1. The van der Waals surface area contributed by atoms with Gasteiger partial charge in [0.05, 0.1) is 33.0 Å². The van der Waals surface area contributed by atoms with E-state index in [1.54, 1.807) is 0 Å². The van der Waals surface area contributed by atoms with Gasteiger partial charge in [0, 0.05) is 25.3 Å². The molecule has 0 bridgehead atoms. The van der Waals surface area contributed by atoms with E-state index in [1.165, 1.54) is 0 Å². The van der Waals surface area contributed by atoms with Crippen molar-refractivity contribution >= 4 is 11.9 Å². The van der Waals surface area contributed by atoms with Crippen molar-refractivity contribution in [1.29, 1.82) is 0 Å². The third-order valence-corrected chi connectivity index (χ3v) is 3.37. The number of carbonyl (C=O) groups excluding carboxylic acids is 1. The molecule has 158 valence electrons. The number of allylic oxidation sites excluding steroid dienone is 1. The smallest absolute Gasteiger partial charge is 0.320 e. The maximum absolute atomic E-state index is 11.5. The van der Waals surface area contributed by atoms with Gasteiger partial charge in [0.1, 0.15) is 12.6 Å². The van der Waals surface area contributed by atoms with Crippen LogP contribution in [-0.2, 0) is 23.8 Å². The summed E-state index contributed by atoms with van der Waals surface area (Å²) in [6.07, 6.45) is 0.826. The predicted octanol–water partition coefficient (Wildman–Crippen LogP) is -1.33. The van der Waals surface area contributed by atoms with Crippen molar-refractivity contribution in [2.24, 2.45) is 5.73 Å². The normalized spacial score (nSPS) is 11.8. The molecule has 1 amide bonds. The third-order valence-electron chi connectivity index (χ3n) is 3.37. The fourth-order valence-corrected chi connectivity index (χ4v) is 1.82. The molecule has 0 aromatic rings. The Hall–Kier alpha value is -1.72. The molecule has 0 aliphatic heterocycles. The Morgan fingerprint density at radius 1 is 1.00 bits per heavy atom. The van der Waals surface area contributed by atoms with Crippen LogP contribution in [0.25, 0.3) is 0 Å². The minimum absolute atomic E-state index is 0.0151. The minimum atomic E-state index is -1.02. The number of aliphatic carboxylic acids is 1. The molecule has 0 radical (unpaired) electrons. The highest BCUT2D eigenvalue weighted by atomic mass is 16.5. The molecule has 0 heterocycles. The van der Waals surface area contributed by atoms with E-state index in [0.29, 0.717) is 59.0 Å². The number of nitrogens with two attached hydrogens (primary N) is 1. The molecule has 1 atom stereocenters. The van der Waals surface area contributed by atoms with Gasteiger partial charge < -0.3 is 41.0 Å². The third kappa shape index (κ3) is 17.5. The molecule has 0 saturated carbocycles. The highest BCUT2D eigenvalue weighted by Crippen LogP contribution is 2.01. The van der Waals surface area contributed by atoms with Crippen molar-refractivity contribution < 1.29 is 28.9 Å². The Labute approximate surface area is 160 Å². The number of amides is 1. The van der Waals surface area contributed by atoms with Gasteiger partial charge in [-0.3, -0.25) is 9.59 Å². The van der Waals surface area contributed by atoms with Crippen molar-refractivity contribution in [3.8, 4) is 0 Å². The number of rotatable bonds is 19. The average Bonchev–Trinajstić information content (AvgIpc) is 2.64. The van der Waals surface area contributed by atoms with E-state index < -0.39 is 12.0 Å². The maximum atomic E-state index is 11.5.